The van der Waals surface area contributed by atoms with Crippen LogP contribution in [0.3, 0.4) is 0 Å². The third-order valence-electron chi connectivity index (χ3n) is 3.90. The quantitative estimate of drug-likeness (QED) is 0.908. The number of benzene rings is 1. The van der Waals surface area contributed by atoms with E-state index in [4.69, 9.17) is 9.84 Å². The van der Waals surface area contributed by atoms with Gasteiger partial charge in [-0.05, 0) is 43.5 Å². The van der Waals surface area contributed by atoms with Gasteiger partial charge in [0.25, 0.3) is 0 Å². The summed E-state index contributed by atoms with van der Waals surface area (Å²) in [5.41, 5.74) is 1.79. The van der Waals surface area contributed by atoms with Gasteiger partial charge in [-0.25, -0.2) is 8.42 Å². The van der Waals surface area contributed by atoms with Crippen LogP contribution in [0.2, 0.25) is 0 Å². The second-order valence-electron chi connectivity index (χ2n) is 5.27. The highest BCUT2D eigenvalue weighted by Gasteiger charge is 2.37. The van der Waals surface area contributed by atoms with Gasteiger partial charge in [0.15, 0.2) is 0 Å². The molecule has 0 spiro atoms. The van der Waals surface area contributed by atoms with Crippen molar-refractivity contribution in [2.45, 2.75) is 25.2 Å². The molecule has 1 aromatic rings. The van der Waals surface area contributed by atoms with Crippen LogP contribution in [0.1, 0.15) is 17.5 Å². The minimum Gasteiger partial charge on any atom is -0.495 e. The van der Waals surface area contributed by atoms with Gasteiger partial charge in [-0.1, -0.05) is 0 Å². The molecule has 1 fully saturated rings. The summed E-state index contributed by atoms with van der Waals surface area (Å²) < 4.78 is 31.8. The van der Waals surface area contributed by atoms with E-state index in [1.165, 1.54) is 11.4 Å². The average molecular weight is 313 g/mol. The first-order valence-electron chi connectivity index (χ1n) is 6.65. The monoisotopic (exact) mass is 313 g/mol. The molecule has 1 aliphatic rings. The molecule has 0 aromatic heterocycles. The first-order valence-corrected chi connectivity index (χ1v) is 8.09. The molecule has 116 valence electrons. The maximum absolute atomic E-state index is 12.7. The van der Waals surface area contributed by atoms with E-state index in [9.17, 15) is 13.2 Å². The van der Waals surface area contributed by atoms with Gasteiger partial charge in [0, 0.05) is 13.1 Å². The normalized spacial score (nSPS) is 19.7. The Morgan fingerprint density at radius 1 is 1.33 bits per heavy atom. The van der Waals surface area contributed by atoms with E-state index in [1.807, 2.05) is 13.8 Å². The van der Waals surface area contributed by atoms with Crippen molar-refractivity contribution in [1.82, 2.24) is 4.31 Å². The van der Waals surface area contributed by atoms with E-state index in [0.29, 0.717) is 6.42 Å². The second-order valence-corrected chi connectivity index (χ2v) is 7.18. The van der Waals surface area contributed by atoms with Crippen LogP contribution in [0.5, 0.6) is 5.75 Å². The van der Waals surface area contributed by atoms with Crippen LogP contribution in [0.25, 0.3) is 0 Å². The molecule has 0 saturated carbocycles. The Balaban J connectivity index is 2.41. The van der Waals surface area contributed by atoms with E-state index >= 15 is 0 Å². The van der Waals surface area contributed by atoms with Gasteiger partial charge in [0.1, 0.15) is 10.6 Å². The molecule has 1 aliphatic heterocycles. The highest BCUT2D eigenvalue weighted by atomic mass is 32.2. The van der Waals surface area contributed by atoms with Crippen LogP contribution in [0.15, 0.2) is 17.0 Å². The molecule has 1 atom stereocenters. The van der Waals surface area contributed by atoms with Crippen LogP contribution in [0, 0.1) is 19.8 Å². The average Bonchev–Trinajstić information content (AvgIpc) is 2.91. The Bertz CT molecular complexity index is 668. The van der Waals surface area contributed by atoms with Crippen molar-refractivity contribution in [3.63, 3.8) is 0 Å². The summed E-state index contributed by atoms with van der Waals surface area (Å²) in [5, 5.41) is 9.00. The molecule has 7 heteroatoms. The minimum atomic E-state index is -3.74. The third-order valence-corrected chi connectivity index (χ3v) is 5.78. The minimum absolute atomic E-state index is 0.00768. The fraction of sp³-hybridized carbons (Fsp3) is 0.500. The summed E-state index contributed by atoms with van der Waals surface area (Å²) in [5.74, 6) is -1.31. The van der Waals surface area contributed by atoms with Gasteiger partial charge in [0.05, 0.1) is 13.0 Å². The van der Waals surface area contributed by atoms with Crippen molar-refractivity contribution in [1.29, 1.82) is 0 Å². The topological polar surface area (TPSA) is 83.9 Å². The fourth-order valence-electron chi connectivity index (χ4n) is 2.41. The number of aryl methyl sites for hydroxylation is 2. The summed E-state index contributed by atoms with van der Waals surface area (Å²) in [4.78, 5) is 11.1. The van der Waals surface area contributed by atoms with E-state index in [2.05, 4.69) is 0 Å². The number of aliphatic carboxylic acids is 1. The van der Waals surface area contributed by atoms with Gasteiger partial charge >= 0.3 is 5.97 Å². The number of hydrogen-bond acceptors (Lipinski definition) is 4. The number of carboxylic acid groups (broad SMARTS) is 1. The molecule has 0 radical (unpaired) electrons. The van der Waals surface area contributed by atoms with Crippen molar-refractivity contribution < 1.29 is 23.1 Å². The van der Waals surface area contributed by atoms with Gasteiger partial charge in [-0.15, -0.1) is 0 Å². The number of ether oxygens (including phenoxy) is 1. The molecule has 2 rings (SSSR count). The molecule has 1 aromatic carbocycles. The lowest BCUT2D eigenvalue weighted by Crippen LogP contribution is -2.30. The molecule has 1 heterocycles. The zero-order valence-corrected chi connectivity index (χ0v) is 13.1. The summed E-state index contributed by atoms with van der Waals surface area (Å²) >= 11 is 0. The number of rotatable bonds is 4. The van der Waals surface area contributed by atoms with Crippen molar-refractivity contribution in [3.8, 4) is 5.75 Å². The largest absolute Gasteiger partial charge is 0.495 e. The van der Waals surface area contributed by atoms with Gasteiger partial charge in [0.2, 0.25) is 10.0 Å². The maximum Gasteiger partial charge on any atom is 0.307 e. The highest BCUT2D eigenvalue weighted by molar-refractivity contribution is 7.89. The molecular formula is C14H19NO5S. The van der Waals surface area contributed by atoms with E-state index < -0.39 is 21.9 Å². The first-order chi connectivity index (χ1) is 9.77. The number of sulfonamides is 1. The molecular weight excluding hydrogens is 294 g/mol. The van der Waals surface area contributed by atoms with Crippen LogP contribution in [0.4, 0.5) is 0 Å². The molecule has 1 saturated heterocycles. The van der Waals surface area contributed by atoms with Crippen LogP contribution in [-0.2, 0) is 14.8 Å². The van der Waals surface area contributed by atoms with Crippen LogP contribution in [-0.4, -0.2) is 44.0 Å². The number of hydrogen-bond donors (Lipinski definition) is 1. The number of carboxylic acids is 1. The molecule has 0 aliphatic carbocycles. The van der Waals surface area contributed by atoms with Gasteiger partial charge in [-0.3, -0.25) is 4.79 Å². The second kappa shape index (κ2) is 5.65. The third kappa shape index (κ3) is 2.89. The summed E-state index contributed by atoms with van der Waals surface area (Å²) in [6, 6.07) is 3.27. The Kier molecular flexibility index (Phi) is 4.25. The van der Waals surface area contributed by atoms with E-state index in [1.54, 1.807) is 12.1 Å². The van der Waals surface area contributed by atoms with Crippen molar-refractivity contribution >= 4 is 16.0 Å². The molecule has 0 bridgehead atoms. The number of carbonyl (C=O) groups is 1. The highest BCUT2D eigenvalue weighted by Crippen LogP contribution is 2.32. The molecule has 21 heavy (non-hydrogen) atoms. The van der Waals surface area contributed by atoms with Crippen molar-refractivity contribution in [2.24, 2.45) is 5.92 Å². The lowest BCUT2D eigenvalue weighted by atomic mass is 10.1. The lowest BCUT2D eigenvalue weighted by molar-refractivity contribution is -0.141. The standard InChI is InChI=1S/C14H19NO5S/c1-9-6-12(20-3)13(7-10(9)2)21(18,19)15-5-4-11(8-15)14(16)17/h6-7,11H,4-5,8H2,1-3H3,(H,16,17). The predicted octanol–water partition coefficient (Wildman–Crippen LogP) is 1.41. The Labute approximate surface area is 124 Å². The first kappa shape index (κ1) is 15.8. The summed E-state index contributed by atoms with van der Waals surface area (Å²) in [6.07, 6.45) is 0.335. The molecule has 6 nitrogen and oxygen atoms in total. The zero-order chi connectivity index (χ0) is 15.8. The number of nitrogens with zero attached hydrogens (tertiary/aromatic N) is 1. The van der Waals surface area contributed by atoms with Crippen LogP contribution < -0.4 is 4.74 Å². The molecule has 1 N–H and O–H groups in total. The molecule has 0 amide bonds. The lowest BCUT2D eigenvalue weighted by Gasteiger charge is -2.19. The van der Waals surface area contributed by atoms with Crippen molar-refractivity contribution in [3.05, 3.63) is 23.3 Å². The van der Waals surface area contributed by atoms with E-state index in [-0.39, 0.29) is 23.7 Å². The van der Waals surface area contributed by atoms with Crippen LogP contribution >= 0.6 is 0 Å². The fourth-order valence-corrected chi connectivity index (χ4v) is 4.13. The van der Waals surface area contributed by atoms with Crippen molar-refractivity contribution in [2.75, 3.05) is 20.2 Å². The maximum atomic E-state index is 12.7. The number of methoxy groups -OCH3 is 1. The Morgan fingerprint density at radius 3 is 2.48 bits per heavy atom. The Hall–Kier alpha value is -1.60. The Morgan fingerprint density at radius 2 is 1.95 bits per heavy atom. The van der Waals surface area contributed by atoms with E-state index in [0.717, 1.165) is 11.1 Å². The summed E-state index contributed by atoms with van der Waals surface area (Å²) in [7, 11) is -2.32. The predicted molar refractivity (Wildman–Crippen MR) is 77.0 cm³/mol. The zero-order valence-electron chi connectivity index (χ0n) is 12.3. The van der Waals surface area contributed by atoms with Gasteiger partial charge in [-0.2, -0.15) is 4.31 Å². The molecule has 1 unspecified atom stereocenters. The smallest absolute Gasteiger partial charge is 0.307 e. The van der Waals surface area contributed by atoms with Gasteiger partial charge < -0.3 is 9.84 Å². The summed E-state index contributed by atoms with van der Waals surface area (Å²) in [6.45, 7) is 3.94. The SMILES string of the molecule is COc1cc(C)c(C)cc1S(=O)(=O)N1CCC(C(=O)O)C1.